The summed E-state index contributed by atoms with van der Waals surface area (Å²) in [5.74, 6) is 1.66. The Labute approximate surface area is 187 Å². The Morgan fingerprint density at radius 2 is 1.57 bits per heavy atom. The van der Waals surface area contributed by atoms with Gasteiger partial charge in [0.25, 0.3) is 0 Å². The third-order valence-corrected chi connectivity index (χ3v) is 4.75. The van der Waals surface area contributed by atoms with Crippen molar-refractivity contribution >= 4 is 0 Å². The van der Waals surface area contributed by atoms with Gasteiger partial charge in [-0.15, -0.1) is 12.6 Å². The standard InChI is InChI=1S/C15H20N.C4H11NO2.C4H10.W/c1-2-7-13(8-3-1)15-14-9-5-4-6-12(14)10-11-16-15;6-3-1-5-2-4-7;1-4(2)3;/h4-6,9,13,15H,1-3,7-8,10-11H2;5-7H,1-4H2;4H,1-3H3;/q-1;;;. The number of hydrogen-bond acceptors (Lipinski definition) is 3. The number of rotatable bonds is 5. The van der Waals surface area contributed by atoms with Gasteiger partial charge < -0.3 is 20.8 Å². The molecule has 1 fully saturated rings. The summed E-state index contributed by atoms with van der Waals surface area (Å²) in [6, 6.07) is 9.46. The number of hydrogen-bond donors (Lipinski definition) is 3. The molecule has 28 heavy (non-hydrogen) atoms. The molecule has 4 nitrogen and oxygen atoms in total. The van der Waals surface area contributed by atoms with Gasteiger partial charge in [0, 0.05) is 34.2 Å². The molecule has 1 aromatic rings. The molecular weight excluding hydrogens is 520 g/mol. The molecule has 1 aliphatic heterocycles. The van der Waals surface area contributed by atoms with Crippen molar-refractivity contribution in [2.75, 3.05) is 32.8 Å². The molecule has 5 heteroatoms. The van der Waals surface area contributed by atoms with Gasteiger partial charge in [-0.25, -0.2) is 0 Å². The Morgan fingerprint density at radius 1 is 1.00 bits per heavy atom. The van der Waals surface area contributed by atoms with Crippen LogP contribution in [0.25, 0.3) is 5.32 Å². The Hall–Kier alpha value is -0.252. The van der Waals surface area contributed by atoms with Crippen molar-refractivity contribution in [3.8, 4) is 0 Å². The van der Waals surface area contributed by atoms with E-state index in [2.05, 4.69) is 50.4 Å². The maximum absolute atomic E-state index is 8.15. The molecule has 1 saturated carbocycles. The summed E-state index contributed by atoms with van der Waals surface area (Å²) in [5, 5.41) is 24.0. The van der Waals surface area contributed by atoms with Gasteiger partial charge in [-0.2, -0.15) is 0 Å². The smallest absolute Gasteiger partial charge is 0.0555 e. The summed E-state index contributed by atoms with van der Waals surface area (Å²) in [4.78, 5) is 0. The number of nitrogens with zero attached hydrogens (tertiary/aromatic N) is 1. The normalized spacial score (nSPS) is 18.7. The number of benzene rings is 1. The van der Waals surface area contributed by atoms with E-state index in [9.17, 15) is 0 Å². The van der Waals surface area contributed by atoms with Crippen LogP contribution in [0.2, 0.25) is 0 Å². The first-order valence-electron chi connectivity index (χ1n) is 10.8. The molecule has 0 spiro atoms. The monoisotopic (exact) mass is 561 g/mol. The molecule has 0 amide bonds. The first kappa shape index (κ1) is 27.7. The number of aliphatic hydroxyl groups excluding tert-OH is 2. The zero-order valence-corrected chi connectivity index (χ0v) is 21.0. The Kier molecular flexibility index (Phi) is 17.4. The zero-order chi connectivity index (χ0) is 19.9. The van der Waals surface area contributed by atoms with Gasteiger partial charge in [-0.05, 0) is 17.9 Å². The molecule has 162 valence electrons. The Bertz CT molecular complexity index is 473. The molecule has 0 aromatic heterocycles. The Morgan fingerprint density at radius 3 is 2.14 bits per heavy atom. The minimum atomic E-state index is 0. The predicted octanol–water partition coefficient (Wildman–Crippen LogP) is 4.46. The molecule has 0 saturated heterocycles. The van der Waals surface area contributed by atoms with Crippen molar-refractivity contribution in [3.05, 3.63) is 40.7 Å². The fourth-order valence-corrected chi connectivity index (χ4v) is 3.61. The van der Waals surface area contributed by atoms with E-state index in [4.69, 9.17) is 15.5 Å². The van der Waals surface area contributed by atoms with Crippen molar-refractivity contribution in [1.82, 2.24) is 5.32 Å². The molecule has 3 rings (SSSR count). The average Bonchev–Trinajstić information content (AvgIpc) is 2.69. The first-order chi connectivity index (χ1) is 13.1. The van der Waals surface area contributed by atoms with E-state index in [-0.39, 0.29) is 34.3 Å². The van der Waals surface area contributed by atoms with Gasteiger partial charge in [0.2, 0.25) is 0 Å². The number of nitrogens with one attached hydrogen (secondary N) is 1. The summed E-state index contributed by atoms with van der Waals surface area (Å²) in [5.41, 5.74) is 3.08. The summed E-state index contributed by atoms with van der Waals surface area (Å²) >= 11 is 0. The van der Waals surface area contributed by atoms with E-state index in [0.717, 1.165) is 24.8 Å². The quantitative estimate of drug-likeness (QED) is 0.466. The van der Waals surface area contributed by atoms with Crippen molar-refractivity contribution in [3.63, 3.8) is 0 Å². The maximum Gasteiger partial charge on any atom is 0.0555 e. The van der Waals surface area contributed by atoms with Crippen LogP contribution in [0.5, 0.6) is 0 Å². The fraction of sp³-hybridized carbons (Fsp3) is 0.739. The van der Waals surface area contributed by atoms with Crippen LogP contribution in [0.1, 0.15) is 70.0 Å². The van der Waals surface area contributed by atoms with E-state index >= 15 is 0 Å². The second-order valence-electron chi connectivity index (χ2n) is 8.13. The summed E-state index contributed by atoms with van der Waals surface area (Å²) < 4.78 is 0. The van der Waals surface area contributed by atoms with Gasteiger partial charge in [0.05, 0.1) is 13.2 Å². The second kappa shape index (κ2) is 17.6. The summed E-state index contributed by atoms with van der Waals surface area (Å²) in [7, 11) is 0. The van der Waals surface area contributed by atoms with Crippen LogP contribution in [0.15, 0.2) is 24.3 Å². The largest absolute Gasteiger partial charge is 0.655 e. The van der Waals surface area contributed by atoms with Crippen LogP contribution in [0.4, 0.5) is 0 Å². The van der Waals surface area contributed by atoms with Crippen molar-refractivity contribution < 1.29 is 31.3 Å². The van der Waals surface area contributed by atoms with Crippen LogP contribution < -0.4 is 5.32 Å². The predicted molar refractivity (Wildman–Crippen MR) is 115 cm³/mol. The van der Waals surface area contributed by atoms with Crippen LogP contribution >= 0.6 is 0 Å². The minimum absolute atomic E-state index is 0. The van der Waals surface area contributed by atoms with Gasteiger partial charge in [0.1, 0.15) is 0 Å². The third kappa shape index (κ3) is 11.7. The van der Waals surface area contributed by atoms with Gasteiger partial charge >= 0.3 is 0 Å². The van der Waals surface area contributed by atoms with Crippen LogP contribution in [-0.4, -0.2) is 43.1 Å². The van der Waals surface area contributed by atoms with E-state index in [0.29, 0.717) is 19.1 Å². The molecule has 1 atom stereocenters. The maximum atomic E-state index is 8.15. The SMILES string of the molecule is CC(C)C.OCCNCCO.[W].c1ccc2c(c1)CC[N-]C2C1CCCCC1. The van der Waals surface area contributed by atoms with Crippen molar-refractivity contribution in [1.29, 1.82) is 0 Å². The third-order valence-electron chi connectivity index (χ3n) is 4.75. The van der Waals surface area contributed by atoms with Crippen LogP contribution in [0.3, 0.4) is 0 Å². The fourth-order valence-electron chi connectivity index (χ4n) is 3.61. The van der Waals surface area contributed by atoms with Crippen LogP contribution in [0, 0.1) is 11.8 Å². The van der Waals surface area contributed by atoms with E-state index in [1.807, 2.05) is 0 Å². The van der Waals surface area contributed by atoms with E-state index < -0.39 is 0 Å². The molecule has 1 aliphatic carbocycles. The summed E-state index contributed by atoms with van der Waals surface area (Å²) in [6.07, 6.45) is 8.20. The van der Waals surface area contributed by atoms with Crippen molar-refractivity contribution in [2.24, 2.45) is 11.8 Å². The molecule has 0 radical (unpaired) electrons. The molecule has 3 N–H and O–H groups in total. The topological polar surface area (TPSA) is 66.6 Å². The first-order valence-corrected chi connectivity index (χ1v) is 10.8. The number of aliphatic hydroxyl groups is 2. The van der Waals surface area contributed by atoms with Gasteiger partial charge in [-0.1, -0.05) is 88.6 Å². The van der Waals surface area contributed by atoms with Gasteiger partial charge in [-0.3, -0.25) is 0 Å². The second-order valence-corrected chi connectivity index (χ2v) is 8.13. The molecule has 0 bridgehead atoms. The van der Waals surface area contributed by atoms with E-state index in [1.54, 1.807) is 5.56 Å². The van der Waals surface area contributed by atoms with E-state index in [1.165, 1.54) is 37.7 Å². The summed E-state index contributed by atoms with van der Waals surface area (Å²) in [6.45, 7) is 8.96. The Balaban J connectivity index is 0.000000516. The average molecular weight is 561 g/mol. The van der Waals surface area contributed by atoms with Gasteiger partial charge in [0.15, 0.2) is 0 Å². The van der Waals surface area contributed by atoms with Crippen LogP contribution in [-0.2, 0) is 27.5 Å². The molecular formula is C23H41N2O2W-. The minimum Gasteiger partial charge on any atom is -0.655 e. The van der Waals surface area contributed by atoms with Crippen molar-refractivity contribution in [2.45, 2.75) is 65.3 Å². The number of fused-ring (bicyclic) bond motifs is 1. The molecule has 1 unspecified atom stereocenters. The zero-order valence-electron chi connectivity index (χ0n) is 18.1. The molecule has 2 aliphatic rings. The molecule has 1 heterocycles. The molecule has 1 aromatic carbocycles.